The summed E-state index contributed by atoms with van der Waals surface area (Å²) in [5, 5.41) is 1.11. The van der Waals surface area contributed by atoms with E-state index in [1.165, 1.54) is 0 Å². The van der Waals surface area contributed by atoms with Crippen molar-refractivity contribution in [1.29, 1.82) is 0 Å². The van der Waals surface area contributed by atoms with Crippen molar-refractivity contribution in [2.45, 2.75) is 19.2 Å². The minimum Gasteiger partial charge on any atom is -0.295 e. The minimum atomic E-state index is -0.227. The number of aryl methyl sites for hydroxylation is 1. The van der Waals surface area contributed by atoms with E-state index in [-0.39, 0.29) is 5.38 Å². The molecule has 2 aromatic carbocycles. The van der Waals surface area contributed by atoms with Crippen LogP contribution in [0.2, 0.25) is 10.0 Å². The van der Waals surface area contributed by atoms with Crippen LogP contribution in [0.4, 0.5) is 0 Å². The molecule has 0 aliphatic rings. The molecule has 1 aromatic heterocycles. The van der Waals surface area contributed by atoms with Crippen LogP contribution in [0.3, 0.4) is 0 Å². The van der Waals surface area contributed by atoms with Crippen LogP contribution in [0.25, 0.3) is 16.7 Å². The molecule has 0 radical (unpaired) electrons. The first-order valence-electron chi connectivity index (χ1n) is 6.56. The van der Waals surface area contributed by atoms with Gasteiger partial charge in [0.05, 0.1) is 22.1 Å². The van der Waals surface area contributed by atoms with Gasteiger partial charge < -0.3 is 0 Å². The first-order chi connectivity index (χ1) is 9.97. The number of benzene rings is 2. The highest BCUT2D eigenvalue weighted by atomic mass is 35.5. The molecule has 0 fully saturated rings. The van der Waals surface area contributed by atoms with Gasteiger partial charge in [0.1, 0.15) is 5.82 Å². The summed E-state index contributed by atoms with van der Waals surface area (Å²) < 4.78 is 2.05. The number of alkyl halides is 1. The highest BCUT2D eigenvalue weighted by molar-refractivity contribution is 6.31. The topological polar surface area (TPSA) is 17.8 Å². The molecule has 0 saturated carbocycles. The lowest BCUT2D eigenvalue weighted by Gasteiger charge is -2.13. The van der Waals surface area contributed by atoms with Gasteiger partial charge in [-0.3, -0.25) is 4.57 Å². The number of nitrogens with zero attached hydrogens (tertiary/aromatic N) is 2. The number of hydrogen-bond acceptors (Lipinski definition) is 1. The SMILES string of the molecule is Cc1ccc(Cl)cc1-n1c(C(C)Cl)nc2cc(Cl)ccc21. The van der Waals surface area contributed by atoms with Gasteiger partial charge in [-0.15, -0.1) is 11.6 Å². The maximum absolute atomic E-state index is 6.31. The first-order valence-corrected chi connectivity index (χ1v) is 7.75. The summed E-state index contributed by atoms with van der Waals surface area (Å²) in [4.78, 5) is 4.62. The molecule has 0 bridgehead atoms. The lowest BCUT2D eigenvalue weighted by atomic mass is 10.2. The molecule has 21 heavy (non-hydrogen) atoms. The summed E-state index contributed by atoms with van der Waals surface area (Å²) in [5.41, 5.74) is 3.87. The molecular formula is C16H13Cl3N2. The molecule has 1 unspecified atom stereocenters. The van der Waals surface area contributed by atoms with Crippen LogP contribution in [-0.2, 0) is 0 Å². The van der Waals surface area contributed by atoms with Gasteiger partial charge in [-0.1, -0.05) is 29.3 Å². The van der Waals surface area contributed by atoms with E-state index >= 15 is 0 Å². The Bertz CT molecular complexity index is 822. The van der Waals surface area contributed by atoms with Crippen molar-refractivity contribution in [3.05, 3.63) is 57.8 Å². The highest BCUT2D eigenvalue weighted by Gasteiger charge is 2.18. The Hall–Kier alpha value is -1.22. The molecule has 0 N–H and O–H groups in total. The normalized spacial score (nSPS) is 12.8. The second-order valence-corrected chi connectivity index (χ2v) is 6.51. The van der Waals surface area contributed by atoms with Gasteiger partial charge >= 0.3 is 0 Å². The molecule has 0 aliphatic heterocycles. The lowest BCUT2D eigenvalue weighted by molar-refractivity contribution is 0.878. The van der Waals surface area contributed by atoms with Gasteiger partial charge in [0.25, 0.3) is 0 Å². The number of aromatic nitrogens is 2. The molecule has 0 saturated heterocycles. The van der Waals surface area contributed by atoms with Crippen LogP contribution < -0.4 is 0 Å². The second kappa shape index (κ2) is 5.53. The Morgan fingerprint density at radius 2 is 1.71 bits per heavy atom. The van der Waals surface area contributed by atoms with Crippen LogP contribution in [0.15, 0.2) is 36.4 Å². The Balaban J connectivity index is 2.39. The Morgan fingerprint density at radius 3 is 2.43 bits per heavy atom. The zero-order chi connectivity index (χ0) is 15.1. The molecule has 0 aliphatic carbocycles. The average molecular weight is 340 g/mol. The number of fused-ring (bicyclic) bond motifs is 1. The standard InChI is InChI=1S/C16H13Cl3N2/c1-9-3-4-12(19)8-15(9)21-14-6-5-11(18)7-13(14)20-16(21)10(2)17/h3-8,10H,1-2H3. The molecule has 2 nitrogen and oxygen atoms in total. The fourth-order valence-corrected chi connectivity index (χ4v) is 2.89. The van der Waals surface area contributed by atoms with E-state index in [4.69, 9.17) is 34.8 Å². The maximum Gasteiger partial charge on any atom is 0.132 e. The average Bonchev–Trinajstić information content (AvgIpc) is 2.80. The summed E-state index contributed by atoms with van der Waals surface area (Å²) >= 11 is 18.5. The quantitative estimate of drug-likeness (QED) is 0.528. The monoisotopic (exact) mass is 338 g/mol. The summed E-state index contributed by atoms with van der Waals surface area (Å²) in [6, 6.07) is 11.4. The number of imidazole rings is 1. The van der Waals surface area contributed by atoms with Gasteiger partial charge in [0.15, 0.2) is 0 Å². The van der Waals surface area contributed by atoms with E-state index in [1.54, 1.807) is 0 Å². The fourth-order valence-electron chi connectivity index (χ4n) is 2.42. The highest BCUT2D eigenvalue weighted by Crippen LogP contribution is 2.31. The number of hydrogen-bond donors (Lipinski definition) is 0. The van der Waals surface area contributed by atoms with Gasteiger partial charge in [-0.25, -0.2) is 4.98 Å². The van der Waals surface area contributed by atoms with Crippen molar-refractivity contribution in [2.75, 3.05) is 0 Å². The van der Waals surface area contributed by atoms with Gasteiger partial charge in [0.2, 0.25) is 0 Å². The molecule has 3 aromatic rings. The summed E-state index contributed by atoms with van der Waals surface area (Å²) in [6.45, 7) is 3.94. The van der Waals surface area contributed by atoms with Crippen LogP contribution in [-0.4, -0.2) is 9.55 Å². The summed E-state index contributed by atoms with van der Waals surface area (Å²) in [6.07, 6.45) is 0. The van der Waals surface area contributed by atoms with E-state index in [1.807, 2.05) is 54.8 Å². The summed E-state index contributed by atoms with van der Waals surface area (Å²) in [5.74, 6) is 0.777. The maximum atomic E-state index is 6.31. The van der Waals surface area contributed by atoms with Gasteiger partial charge in [0, 0.05) is 10.0 Å². The van der Waals surface area contributed by atoms with Crippen molar-refractivity contribution in [2.24, 2.45) is 0 Å². The molecular weight excluding hydrogens is 327 g/mol. The zero-order valence-electron chi connectivity index (χ0n) is 11.6. The van der Waals surface area contributed by atoms with E-state index in [9.17, 15) is 0 Å². The number of halogens is 3. The van der Waals surface area contributed by atoms with Crippen molar-refractivity contribution in [3.63, 3.8) is 0 Å². The van der Waals surface area contributed by atoms with Crippen LogP contribution >= 0.6 is 34.8 Å². The molecule has 1 heterocycles. The predicted octanol–water partition coefficient (Wildman–Crippen LogP) is 5.94. The third kappa shape index (κ3) is 2.64. The molecule has 0 amide bonds. The summed E-state index contributed by atoms with van der Waals surface area (Å²) in [7, 11) is 0. The lowest BCUT2D eigenvalue weighted by Crippen LogP contribution is -2.03. The van der Waals surface area contributed by atoms with E-state index in [0.29, 0.717) is 10.0 Å². The Morgan fingerprint density at radius 1 is 1.05 bits per heavy atom. The molecule has 0 spiro atoms. The third-order valence-corrected chi connectivity index (χ3v) is 4.08. The fraction of sp³-hybridized carbons (Fsp3) is 0.188. The Kier molecular flexibility index (Phi) is 3.87. The molecule has 5 heteroatoms. The van der Waals surface area contributed by atoms with Crippen LogP contribution in [0.5, 0.6) is 0 Å². The van der Waals surface area contributed by atoms with E-state index in [0.717, 1.165) is 28.1 Å². The third-order valence-electron chi connectivity index (χ3n) is 3.41. The first kappa shape index (κ1) is 14.7. The van der Waals surface area contributed by atoms with Crippen LogP contribution in [0, 0.1) is 6.92 Å². The smallest absolute Gasteiger partial charge is 0.132 e. The van der Waals surface area contributed by atoms with Crippen molar-refractivity contribution in [3.8, 4) is 5.69 Å². The predicted molar refractivity (Wildman–Crippen MR) is 90.1 cm³/mol. The van der Waals surface area contributed by atoms with Gasteiger partial charge in [-0.05, 0) is 49.7 Å². The van der Waals surface area contributed by atoms with Gasteiger partial charge in [-0.2, -0.15) is 0 Å². The van der Waals surface area contributed by atoms with Crippen molar-refractivity contribution in [1.82, 2.24) is 9.55 Å². The minimum absolute atomic E-state index is 0.227. The van der Waals surface area contributed by atoms with Crippen LogP contribution in [0.1, 0.15) is 23.7 Å². The van der Waals surface area contributed by atoms with Crippen molar-refractivity contribution < 1.29 is 0 Å². The van der Waals surface area contributed by atoms with E-state index < -0.39 is 0 Å². The van der Waals surface area contributed by atoms with E-state index in [2.05, 4.69) is 4.98 Å². The largest absolute Gasteiger partial charge is 0.295 e. The molecule has 1 atom stereocenters. The van der Waals surface area contributed by atoms with Crippen molar-refractivity contribution >= 4 is 45.8 Å². The molecule has 3 rings (SSSR count). The second-order valence-electron chi connectivity index (χ2n) is 4.99. The molecule has 108 valence electrons. The Labute approximate surface area is 138 Å². The number of rotatable bonds is 2. The zero-order valence-corrected chi connectivity index (χ0v) is 13.8.